The smallest absolute Gasteiger partial charge is 0.283 e. The van der Waals surface area contributed by atoms with E-state index in [1.165, 1.54) is 22.8 Å². The van der Waals surface area contributed by atoms with Gasteiger partial charge >= 0.3 is 0 Å². The summed E-state index contributed by atoms with van der Waals surface area (Å²) in [5.74, 6) is 0.502. The molecule has 2 amide bonds. The molecule has 1 aromatic carbocycles. The van der Waals surface area contributed by atoms with E-state index < -0.39 is 5.91 Å². The van der Waals surface area contributed by atoms with E-state index in [0.717, 1.165) is 42.4 Å². The van der Waals surface area contributed by atoms with Crippen LogP contribution in [0.15, 0.2) is 61.0 Å². The Morgan fingerprint density at radius 3 is 2.67 bits per heavy atom. The molecule has 8 nitrogen and oxygen atoms in total. The predicted octanol–water partition coefficient (Wildman–Crippen LogP) is 4.73. The van der Waals surface area contributed by atoms with E-state index in [-0.39, 0.29) is 23.7 Å². The van der Waals surface area contributed by atoms with Crippen LogP contribution in [0.5, 0.6) is 0 Å². The molecule has 0 saturated carbocycles. The highest BCUT2D eigenvalue weighted by molar-refractivity contribution is 9.10. The van der Waals surface area contributed by atoms with Crippen LogP contribution in [-0.4, -0.2) is 50.9 Å². The van der Waals surface area contributed by atoms with E-state index in [1.54, 1.807) is 6.07 Å². The molecule has 0 radical (unpaired) electrons. The van der Waals surface area contributed by atoms with Crippen LogP contribution in [0, 0.1) is 5.41 Å². The molecule has 1 N–H and O–H groups in total. The number of hydrazone groups is 1. The highest BCUT2D eigenvalue weighted by Gasteiger charge is 2.36. The van der Waals surface area contributed by atoms with Gasteiger partial charge in [-0.2, -0.15) is 15.1 Å². The Morgan fingerprint density at radius 2 is 1.91 bits per heavy atom. The number of hydrogen-bond acceptors (Lipinski definition) is 6. The van der Waals surface area contributed by atoms with Crippen molar-refractivity contribution in [1.82, 2.24) is 9.91 Å². The summed E-state index contributed by atoms with van der Waals surface area (Å²) in [6.07, 6.45) is 4.85. The Morgan fingerprint density at radius 1 is 1.15 bits per heavy atom. The van der Waals surface area contributed by atoms with Gasteiger partial charge in [-0.3, -0.25) is 15.0 Å². The summed E-state index contributed by atoms with van der Waals surface area (Å²) < 4.78 is 6.83. The fourth-order valence-electron chi connectivity index (χ4n) is 3.83. The SMILES string of the molecule is N=C1/C(=C\c2ccc(-c3ccc(Br)cc3)o2)C(=O)N=C2SC(CC(=O)N3CCCCC3)=NN12. The lowest BCUT2D eigenvalue weighted by molar-refractivity contribution is -0.130. The molecule has 168 valence electrons. The first-order chi connectivity index (χ1) is 16.0. The van der Waals surface area contributed by atoms with E-state index in [4.69, 9.17) is 9.83 Å². The van der Waals surface area contributed by atoms with E-state index >= 15 is 0 Å². The minimum Gasteiger partial charge on any atom is -0.457 e. The van der Waals surface area contributed by atoms with Crippen molar-refractivity contribution in [3.8, 4) is 11.3 Å². The van der Waals surface area contributed by atoms with Crippen LogP contribution in [0.4, 0.5) is 0 Å². The molecule has 5 rings (SSSR count). The molecule has 0 spiro atoms. The maximum absolute atomic E-state index is 12.6. The van der Waals surface area contributed by atoms with Crippen LogP contribution >= 0.6 is 27.7 Å². The molecule has 1 saturated heterocycles. The average molecular weight is 526 g/mol. The van der Waals surface area contributed by atoms with Crippen molar-refractivity contribution in [1.29, 1.82) is 5.41 Å². The number of halogens is 1. The van der Waals surface area contributed by atoms with Gasteiger partial charge in [-0.05, 0) is 61.4 Å². The third-order valence-corrected chi connectivity index (χ3v) is 6.99. The van der Waals surface area contributed by atoms with Gasteiger partial charge < -0.3 is 9.32 Å². The van der Waals surface area contributed by atoms with Gasteiger partial charge in [0.15, 0.2) is 5.84 Å². The Balaban J connectivity index is 1.33. The second-order valence-electron chi connectivity index (χ2n) is 7.84. The van der Waals surface area contributed by atoms with Crippen molar-refractivity contribution in [3.05, 3.63) is 52.2 Å². The van der Waals surface area contributed by atoms with Gasteiger partial charge in [0.2, 0.25) is 11.1 Å². The molecule has 0 bridgehead atoms. The normalized spacial score (nSPS) is 19.6. The van der Waals surface area contributed by atoms with Crippen molar-refractivity contribution < 1.29 is 14.0 Å². The molecule has 1 fully saturated rings. The van der Waals surface area contributed by atoms with Gasteiger partial charge in [0.25, 0.3) is 5.91 Å². The third kappa shape index (κ3) is 4.58. The topological polar surface area (TPSA) is 102 Å². The van der Waals surface area contributed by atoms with E-state index in [1.807, 2.05) is 35.2 Å². The fraction of sp³-hybridized carbons (Fsp3) is 0.261. The minimum atomic E-state index is -0.529. The molecule has 0 aliphatic carbocycles. The predicted molar refractivity (Wildman–Crippen MR) is 132 cm³/mol. The Hall–Kier alpha value is -2.98. The number of aliphatic imine (C=N–C) groups is 1. The third-order valence-electron chi connectivity index (χ3n) is 5.55. The van der Waals surface area contributed by atoms with Gasteiger partial charge in [-0.25, -0.2) is 0 Å². The first-order valence-corrected chi connectivity index (χ1v) is 12.2. The van der Waals surface area contributed by atoms with Gasteiger partial charge in [0, 0.05) is 23.1 Å². The molecule has 0 atom stereocenters. The molecular formula is C23H20BrN5O3S. The minimum absolute atomic E-state index is 0.0195. The highest BCUT2D eigenvalue weighted by Crippen LogP contribution is 2.31. The number of furan rings is 1. The number of amides is 2. The lowest BCUT2D eigenvalue weighted by atomic mass is 10.1. The van der Waals surface area contributed by atoms with Crippen LogP contribution in [0.2, 0.25) is 0 Å². The zero-order valence-corrected chi connectivity index (χ0v) is 20.0. The Kier molecular flexibility index (Phi) is 6.03. The number of thioether (sulfide) groups is 1. The quantitative estimate of drug-likeness (QED) is 0.581. The molecule has 10 heteroatoms. The van der Waals surface area contributed by atoms with Crippen LogP contribution in [0.25, 0.3) is 17.4 Å². The number of nitrogens with zero attached hydrogens (tertiary/aromatic N) is 4. The molecule has 3 aliphatic rings. The summed E-state index contributed by atoms with van der Waals surface area (Å²) in [6.45, 7) is 1.54. The molecule has 4 heterocycles. The van der Waals surface area contributed by atoms with Crippen LogP contribution in [-0.2, 0) is 9.59 Å². The molecule has 3 aliphatic heterocycles. The zero-order chi connectivity index (χ0) is 22.9. The van der Waals surface area contributed by atoms with Crippen molar-refractivity contribution >= 4 is 61.6 Å². The number of nitrogens with one attached hydrogen (secondary N) is 1. The van der Waals surface area contributed by atoms with Crippen LogP contribution < -0.4 is 0 Å². The second kappa shape index (κ2) is 9.11. The van der Waals surface area contributed by atoms with Crippen LogP contribution in [0.3, 0.4) is 0 Å². The summed E-state index contributed by atoms with van der Waals surface area (Å²) in [6, 6.07) is 11.2. The first kappa shape index (κ1) is 21.8. The van der Waals surface area contributed by atoms with Crippen molar-refractivity contribution in [2.75, 3.05) is 13.1 Å². The largest absolute Gasteiger partial charge is 0.457 e. The number of fused-ring (bicyclic) bond motifs is 1. The van der Waals surface area contributed by atoms with E-state index in [2.05, 4.69) is 26.0 Å². The standard InChI is InChI=1S/C23H20BrN5O3S/c24-15-6-4-14(5-7-15)18-9-8-16(32-18)12-17-21(25)29-23(26-22(17)31)33-19(27-29)13-20(30)28-10-2-1-3-11-28/h4-9,12,25H,1-3,10-11,13H2/b17-12+,25-21?. The molecule has 33 heavy (non-hydrogen) atoms. The van der Waals surface area contributed by atoms with Gasteiger partial charge in [-0.1, -0.05) is 28.1 Å². The molecule has 0 unspecified atom stereocenters. The number of likely N-dealkylation sites (tertiary alicyclic amines) is 1. The van der Waals surface area contributed by atoms with Crippen molar-refractivity contribution in [3.63, 3.8) is 0 Å². The number of hydrogen-bond donors (Lipinski definition) is 1. The number of piperidine rings is 1. The molecular weight excluding hydrogens is 506 g/mol. The van der Waals surface area contributed by atoms with Crippen LogP contribution in [0.1, 0.15) is 31.4 Å². The summed E-state index contributed by atoms with van der Waals surface area (Å²) in [5, 5.41) is 15.1. The summed E-state index contributed by atoms with van der Waals surface area (Å²) in [4.78, 5) is 31.2. The first-order valence-electron chi connectivity index (χ1n) is 10.6. The number of amidine groups is 2. The number of carbonyl (C=O) groups excluding carboxylic acids is 2. The second-order valence-corrected chi connectivity index (χ2v) is 9.80. The zero-order valence-electron chi connectivity index (χ0n) is 17.6. The van der Waals surface area contributed by atoms with Gasteiger partial charge in [0.05, 0.1) is 12.0 Å². The average Bonchev–Trinajstić information content (AvgIpc) is 3.45. The van der Waals surface area contributed by atoms with E-state index in [9.17, 15) is 9.59 Å². The van der Waals surface area contributed by atoms with Gasteiger partial charge in [0.1, 0.15) is 16.6 Å². The number of carbonyl (C=O) groups is 2. The molecule has 2 aromatic rings. The summed E-state index contributed by atoms with van der Waals surface area (Å²) in [7, 11) is 0. The monoisotopic (exact) mass is 525 g/mol. The maximum Gasteiger partial charge on any atom is 0.283 e. The number of rotatable bonds is 4. The highest BCUT2D eigenvalue weighted by atomic mass is 79.9. The maximum atomic E-state index is 12.6. The summed E-state index contributed by atoms with van der Waals surface area (Å²) in [5.41, 5.74) is 0.986. The molecule has 1 aromatic heterocycles. The lowest BCUT2D eigenvalue weighted by Gasteiger charge is -2.26. The van der Waals surface area contributed by atoms with Crippen molar-refractivity contribution in [2.45, 2.75) is 25.7 Å². The lowest BCUT2D eigenvalue weighted by Crippen LogP contribution is -2.36. The summed E-state index contributed by atoms with van der Waals surface area (Å²) >= 11 is 4.58. The Labute approximate surface area is 203 Å². The number of benzene rings is 1. The van der Waals surface area contributed by atoms with Gasteiger partial charge in [-0.15, -0.1) is 0 Å². The fourth-order valence-corrected chi connectivity index (χ4v) is 4.97. The van der Waals surface area contributed by atoms with Crippen molar-refractivity contribution in [2.24, 2.45) is 10.1 Å². The Bertz CT molecular complexity index is 1220. The van der Waals surface area contributed by atoms with E-state index in [0.29, 0.717) is 21.7 Å².